The number of alkyl halides is 6. The van der Waals surface area contributed by atoms with E-state index in [2.05, 4.69) is 19.9 Å². The van der Waals surface area contributed by atoms with Gasteiger partial charge in [-0.15, -0.1) is 35.0 Å². The first-order chi connectivity index (χ1) is 17.4. The second-order valence-corrected chi connectivity index (χ2v) is 8.78. The zero-order valence-electron chi connectivity index (χ0n) is 19.7. The lowest BCUT2D eigenvalue weighted by Gasteiger charge is -2.30. The highest BCUT2D eigenvalue weighted by atomic mass is 35.5. The molecule has 2 atom stereocenters. The van der Waals surface area contributed by atoms with Gasteiger partial charge in [-0.25, -0.2) is 9.37 Å². The monoisotopic (exact) mass is 600 g/mol. The third-order valence-electron chi connectivity index (χ3n) is 6.04. The van der Waals surface area contributed by atoms with E-state index in [1.165, 1.54) is 39.8 Å². The molecule has 0 radical (unpaired) electrons. The molecule has 2 N–H and O–H groups in total. The maximum absolute atomic E-state index is 14.2. The third kappa shape index (κ3) is 6.45. The van der Waals surface area contributed by atoms with Crippen molar-refractivity contribution in [1.82, 2.24) is 24.5 Å². The number of benzene rings is 1. The minimum atomic E-state index is -4.66. The van der Waals surface area contributed by atoms with Gasteiger partial charge in [0.25, 0.3) is 0 Å². The number of rotatable bonds is 5. The number of pyridine rings is 2. The molecule has 4 aromatic rings. The van der Waals surface area contributed by atoms with Crippen molar-refractivity contribution in [3.8, 4) is 17.3 Å². The number of hydrogen-bond donors (Lipinski definition) is 1. The summed E-state index contributed by atoms with van der Waals surface area (Å²) in [6.45, 7) is -1.40. The van der Waals surface area contributed by atoms with E-state index in [-0.39, 0.29) is 77.6 Å². The lowest BCUT2D eigenvalue weighted by atomic mass is 10.1. The van der Waals surface area contributed by atoms with Gasteiger partial charge >= 0.3 is 12.4 Å². The number of ether oxygens (including phenoxy) is 1. The van der Waals surface area contributed by atoms with Gasteiger partial charge in [0.2, 0.25) is 0 Å². The second-order valence-electron chi connectivity index (χ2n) is 8.78. The quantitative estimate of drug-likeness (QED) is 0.304. The summed E-state index contributed by atoms with van der Waals surface area (Å²) >= 11 is 0. The van der Waals surface area contributed by atoms with Gasteiger partial charge in [0.1, 0.15) is 11.7 Å². The molecule has 39 heavy (non-hydrogen) atoms. The topological polar surface area (TPSA) is 81.6 Å². The first kappa shape index (κ1) is 30.6. The Morgan fingerprint density at radius 2 is 1.77 bits per heavy atom. The molecule has 0 bridgehead atoms. The van der Waals surface area contributed by atoms with E-state index < -0.39 is 36.6 Å². The van der Waals surface area contributed by atoms with Gasteiger partial charge in [0.15, 0.2) is 29.6 Å². The van der Waals surface area contributed by atoms with Gasteiger partial charge in [-0.1, -0.05) is 12.1 Å². The van der Waals surface area contributed by atoms with Crippen molar-refractivity contribution < 1.29 is 35.5 Å². The number of aromatic nitrogens is 4. The Balaban J connectivity index is 0.00000210. The fourth-order valence-electron chi connectivity index (χ4n) is 4.42. The van der Waals surface area contributed by atoms with E-state index in [1.54, 1.807) is 0 Å². The van der Waals surface area contributed by atoms with Crippen LogP contribution in [0.5, 0.6) is 5.75 Å². The lowest BCUT2D eigenvalue weighted by molar-refractivity contribution is -0.183. The van der Waals surface area contributed by atoms with Gasteiger partial charge in [-0.2, -0.15) is 26.3 Å². The van der Waals surface area contributed by atoms with Gasteiger partial charge in [-0.3, -0.25) is 9.30 Å². The summed E-state index contributed by atoms with van der Waals surface area (Å²) in [5, 5.41) is 8.29. The first-order valence-electron chi connectivity index (χ1n) is 11.1. The molecule has 0 amide bonds. The highest BCUT2D eigenvalue weighted by molar-refractivity contribution is 5.85. The normalized spacial score (nSPS) is 17.2. The average molecular weight is 601 g/mol. The molecule has 1 aliphatic rings. The van der Waals surface area contributed by atoms with Crippen LogP contribution in [0.15, 0.2) is 42.6 Å². The summed E-state index contributed by atoms with van der Waals surface area (Å²) in [6.07, 6.45) is -7.50. The summed E-state index contributed by atoms with van der Waals surface area (Å²) in [4.78, 5) is 5.60. The van der Waals surface area contributed by atoms with Crippen LogP contribution in [0, 0.1) is 5.82 Å². The lowest BCUT2D eigenvalue weighted by Crippen LogP contribution is -2.38. The molecule has 7 nitrogen and oxygen atoms in total. The van der Waals surface area contributed by atoms with Crippen molar-refractivity contribution in [1.29, 1.82) is 0 Å². The SMILES string of the molecule is Cl.Cl.N[C@H]1CCN([C@H](c2ccc3nnc(-c4ccc5cc(F)c(OCC(F)(F)F)cc5n4)n3c2)C(F)(F)F)C1. The summed E-state index contributed by atoms with van der Waals surface area (Å²) in [5.74, 6) is -1.54. The molecule has 3 aromatic heterocycles. The summed E-state index contributed by atoms with van der Waals surface area (Å²) in [5.41, 5.74) is 6.31. The van der Waals surface area contributed by atoms with Crippen LogP contribution in [0.1, 0.15) is 18.0 Å². The van der Waals surface area contributed by atoms with Gasteiger partial charge in [0, 0.05) is 36.8 Å². The third-order valence-corrected chi connectivity index (χ3v) is 6.04. The van der Waals surface area contributed by atoms with Crippen molar-refractivity contribution in [3.05, 3.63) is 54.0 Å². The van der Waals surface area contributed by atoms with Crippen LogP contribution in [-0.2, 0) is 0 Å². The van der Waals surface area contributed by atoms with Crippen molar-refractivity contribution in [2.45, 2.75) is 30.9 Å². The van der Waals surface area contributed by atoms with Crippen LogP contribution in [-0.4, -0.2) is 62.6 Å². The fourth-order valence-corrected chi connectivity index (χ4v) is 4.42. The van der Waals surface area contributed by atoms with Crippen LogP contribution < -0.4 is 10.5 Å². The average Bonchev–Trinajstić information content (AvgIpc) is 3.42. The number of halogens is 9. The van der Waals surface area contributed by atoms with Gasteiger partial charge < -0.3 is 10.5 Å². The Hall–Kier alpha value is -2.94. The molecule has 0 aliphatic carbocycles. The molecule has 1 fully saturated rings. The van der Waals surface area contributed by atoms with E-state index >= 15 is 0 Å². The van der Waals surface area contributed by atoms with Crippen LogP contribution in [0.2, 0.25) is 0 Å². The zero-order chi connectivity index (χ0) is 26.5. The smallest absolute Gasteiger partial charge is 0.422 e. The summed E-state index contributed by atoms with van der Waals surface area (Å²) < 4.78 is 99.8. The Morgan fingerprint density at radius 3 is 2.41 bits per heavy atom. The molecule has 4 heterocycles. The molecule has 1 aliphatic heterocycles. The Kier molecular flexibility index (Phi) is 8.85. The largest absolute Gasteiger partial charge is 0.481 e. The molecule has 1 aromatic carbocycles. The summed E-state index contributed by atoms with van der Waals surface area (Å²) in [7, 11) is 0. The molecular weight excluding hydrogens is 580 g/mol. The van der Waals surface area contributed by atoms with E-state index in [4.69, 9.17) is 5.73 Å². The highest BCUT2D eigenvalue weighted by Gasteiger charge is 2.46. The highest BCUT2D eigenvalue weighted by Crippen LogP contribution is 2.39. The zero-order valence-corrected chi connectivity index (χ0v) is 21.3. The predicted molar refractivity (Wildman–Crippen MR) is 133 cm³/mol. The molecule has 0 saturated carbocycles. The minimum Gasteiger partial charge on any atom is -0.481 e. The Labute approximate surface area is 229 Å². The predicted octanol–water partition coefficient (Wildman–Crippen LogP) is 5.50. The van der Waals surface area contributed by atoms with Gasteiger partial charge in [-0.05, 0) is 30.2 Å². The van der Waals surface area contributed by atoms with Crippen molar-refractivity contribution in [3.63, 3.8) is 0 Å². The van der Waals surface area contributed by atoms with Crippen LogP contribution >= 0.6 is 24.8 Å². The number of nitrogens with two attached hydrogens (primary N) is 1. The number of fused-ring (bicyclic) bond motifs is 2. The maximum Gasteiger partial charge on any atom is 0.422 e. The van der Waals surface area contributed by atoms with Crippen molar-refractivity contribution >= 4 is 41.4 Å². The van der Waals surface area contributed by atoms with Crippen LogP contribution in [0.4, 0.5) is 30.7 Å². The second kappa shape index (κ2) is 11.3. The van der Waals surface area contributed by atoms with Gasteiger partial charge in [0.05, 0.1) is 5.52 Å². The van der Waals surface area contributed by atoms with Crippen LogP contribution in [0.3, 0.4) is 0 Å². The van der Waals surface area contributed by atoms with Crippen LogP contribution in [0.25, 0.3) is 28.1 Å². The Bertz CT molecular complexity index is 1460. The molecule has 0 spiro atoms. The maximum atomic E-state index is 14.2. The molecular formula is C23H21Cl2F7N6O. The van der Waals surface area contributed by atoms with E-state index in [0.29, 0.717) is 6.42 Å². The van der Waals surface area contributed by atoms with Crippen molar-refractivity contribution in [2.24, 2.45) is 5.73 Å². The van der Waals surface area contributed by atoms with E-state index in [1.807, 2.05) is 0 Å². The Morgan fingerprint density at radius 1 is 1.03 bits per heavy atom. The van der Waals surface area contributed by atoms with E-state index in [9.17, 15) is 30.7 Å². The molecule has 0 unspecified atom stereocenters. The molecule has 212 valence electrons. The first-order valence-corrected chi connectivity index (χ1v) is 11.1. The molecule has 1 saturated heterocycles. The number of hydrogen-bond acceptors (Lipinski definition) is 6. The van der Waals surface area contributed by atoms with E-state index in [0.717, 1.165) is 12.1 Å². The minimum absolute atomic E-state index is 0. The van der Waals surface area contributed by atoms with Crippen molar-refractivity contribution in [2.75, 3.05) is 19.7 Å². The molecule has 16 heteroatoms. The molecule has 5 rings (SSSR count). The standard InChI is InChI=1S/C23H19F7N6O.2ClH/c24-15-7-12-1-3-16(32-17(12)8-18(15)37-11-22(25,26)27)21-34-33-19-4-2-13(9-36(19)21)20(23(28,29)30)35-6-5-14(31)10-35;;/h1-4,7-9,14,20H,5-6,10-11,31H2;2*1H/t14-,20+;;/m0../s1. The summed E-state index contributed by atoms with van der Waals surface area (Å²) in [6, 6.07) is 5.41. The fraction of sp³-hybridized carbons (Fsp3) is 0.348. The number of likely N-dealkylation sites (tertiary alicyclic amines) is 1. The number of nitrogens with zero attached hydrogens (tertiary/aromatic N) is 5.